The second-order valence-electron chi connectivity index (χ2n) is 3.49. The molecule has 0 amide bonds. The van der Waals surface area contributed by atoms with Crippen molar-refractivity contribution in [3.05, 3.63) is 48.5 Å². The Balaban J connectivity index is 0.00000108. The largest absolute Gasteiger partial charge is 0.338 e. The molecule has 0 atom stereocenters. The molecular weight excluding hydrogens is 241 g/mol. The molecule has 2 aromatic heterocycles. The van der Waals surface area contributed by atoms with E-state index in [-0.39, 0.29) is 18.2 Å². The van der Waals surface area contributed by atoms with Crippen LogP contribution in [0.1, 0.15) is 0 Å². The number of rotatable bonds is 1. The molecule has 5 heteroatoms. The van der Waals surface area contributed by atoms with Gasteiger partial charge in [-0.1, -0.05) is 0 Å². The Bertz CT molecular complexity index is 601. The number of hydrogen-bond donors (Lipinski definition) is 1. The predicted octanol–water partition coefficient (Wildman–Crippen LogP) is 3.19. The van der Waals surface area contributed by atoms with Crippen LogP contribution in [0, 0.1) is 5.82 Å². The number of aromatic nitrogens is 3. The minimum Gasteiger partial charge on any atom is -0.338 e. The molecule has 0 unspecified atom stereocenters. The first kappa shape index (κ1) is 11.5. The molecular formula is C12H9ClFN3. The second kappa shape index (κ2) is 4.51. The van der Waals surface area contributed by atoms with Crippen molar-refractivity contribution < 1.29 is 4.39 Å². The zero-order valence-electron chi connectivity index (χ0n) is 8.72. The lowest BCUT2D eigenvalue weighted by Gasteiger charge is -1.94. The number of H-pyrrole nitrogens is 1. The van der Waals surface area contributed by atoms with E-state index in [1.165, 1.54) is 12.1 Å². The van der Waals surface area contributed by atoms with Gasteiger partial charge in [-0.3, -0.25) is 4.98 Å². The third-order valence-electron chi connectivity index (χ3n) is 2.40. The first-order chi connectivity index (χ1) is 7.83. The summed E-state index contributed by atoms with van der Waals surface area (Å²) in [4.78, 5) is 11.5. The van der Waals surface area contributed by atoms with Crippen LogP contribution in [0.2, 0.25) is 0 Å². The van der Waals surface area contributed by atoms with Crippen LogP contribution in [0.25, 0.3) is 22.4 Å². The van der Waals surface area contributed by atoms with E-state index in [0.717, 1.165) is 22.4 Å². The van der Waals surface area contributed by atoms with Gasteiger partial charge in [0.15, 0.2) is 0 Å². The Kier molecular flexibility index (Phi) is 3.06. The highest BCUT2D eigenvalue weighted by Gasteiger charge is 2.04. The predicted molar refractivity (Wildman–Crippen MR) is 66.5 cm³/mol. The fraction of sp³-hybridized carbons (Fsp3) is 0. The summed E-state index contributed by atoms with van der Waals surface area (Å²) >= 11 is 0. The van der Waals surface area contributed by atoms with E-state index in [9.17, 15) is 4.39 Å². The zero-order valence-corrected chi connectivity index (χ0v) is 9.54. The van der Waals surface area contributed by atoms with Crippen LogP contribution in [0.3, 0.4) is 0 Å². The van der Waals surface area contributed by atoms with Gasteiger partial charge in [-0.25, -0.2) is 9.37 Å². The Morgan fingerprint density at radius 1 is 1.06 bits per heavy atom. The summed E-state index contributed by atoms with van der Waals surface area (Å²) < 4.78 is 12.8. The SMILES string of the molecule is Cl.Fc1ccc(-c2nc3cnccc3[nH]2)cc1. The Labute approximate surface area is 103 Å². The van der Waals surface area contributed by atoms with E-state index in [0.29, 0.717) is 0 Å². The van der Waals surface area contributed by atoms with Crippen molar-refractivity contribution in [1.29, 1.82) is 0 Å². The van der Waals surface area contributed by atoms with Crippen LogP contribution in [-0.4, -0.2) is 15.0 Å². The van der Waals surface area contributed by atoms with E-state index in [4.69, 9.17) is 0 Å². The number of imidazole rings is 1. The van der Waals surface area contributed by atoms with Gasteiger partial charge in [0.2, 0.25) is 0 Å². The highest BCUT2D eigenvalue weighted by Crippen LogP contribution is 2.19. The summed E-state index contributed by atoms with van der Waals surface area (Å²) in [5, 5.41) is 0. The number of fused-ring (bicyclic) bond motifs is 1. The summed E-state index contributed by atoms with van der Waals surface area (Å²) in [7, 11) is 0. The summed E-state index contributed by atoms with van der Waals surface area (Å²) in [6.45, 7) is 0. The number of pyridine rings is 1. The summed E-state index contributed by atoms with van der Waals surface area (Å²) in [5.74, 6) is 0.476. The minimum absolute atomic E-state index is 0. The third kappa shape index (κ3) is 2.12. The number of halogens is 2. The molecule has 0 saturated heterocycles. The molecule has 0 aliphatic rings. The van der Waals surface area contributed by atoms with Gasteiger partial charge < -0.3 is 4.98 Å². The van der Waals surface area contributed by atoms with Crippen molar-refractivity contribution in [2.24, 2.45) is 0 Å². The molecule has 3 rings (SSSR count). The summed E-state index contributed by atoms with van der Waals surface area (Å²) in [5.41, 5.74) is 2.59. The van der Waals surface area contributed by atoms with Crippen molar-refractivity contribution >= 4 is 23.4 Å². The molecule has 0 aliphatic heterocycles. The maximum absolute atomic E-state index is 12.8. The van der Waals surface area contributed by atoms with Crippen LogP contribution < -0.4 is 0 Å². The average Bonchev–Trinajstić information content (AvgIpc) is 2.73. The van der Waals surface area contributed by atoms with Crippen molar-refractivity contribution in [3.63, 3.8) is 0 Å². The normalized spacial score (nSPS) is 10.2. The standard InChI is InChI=1S/C12H8FN3.ClH/c13-9-3-1-8(2-4-9)12-15-10-5-6-14-7-11(10)16-12;/h1-7H,(H,15,16);1H. The van der Waals surface area contributed by atoms with E-state index in [1.807, 2.05) is 6.07 Å². The molecule has 0 fully saturated rings. The number of benzene rings is 1. The quantitative estimate of drug-likeness (QED) is 0.720. The smallest absolute Gasteiger partial charge is 0.138 e. The number of nitrogens with one attached hydrogen (secondary N) is 1. The lowest BCUT2D eigenvalue weighted by Crippen LogP contribution is -1.80. The van der Waals surface area contributed by atoms with Gasteiger partial charge in [-0.05, 0) is 30.3 Å². The number of hydrogen-bond acceptors (Lipinski definition) is 2. The summed E-state index contributed by atoms with van der Waals surface area (Å²) in [6.07, 6.45) is 3.40. The molecule has 0 saturated carbocycles. The molecule has 86 valence electrons. The van der Waals surface area contributed by atoms with Crippen molar-refractivity contribution in [1.82, 2.24) is 15.0 Å². The van der Waals surface area contributed by atoms with Gasteiger partial charge in [0.1, 0.15) is 17.2 Å². The van der Waals surface area contributed by atoms with Crippen molar-refractivity contribution in [3.8, 4) is 11.4 Å². The maximum atomic E-state index is 12.8. The van der Waals surface area contributed by atoms with Crippen LogP contribution in [0.4, 0.5) is 4.39 Å². The van der Waals surface area contributed by atoms with Crippen LogP contribution in [0.5, 0.6) is 0 Å². The minimum atomic E-state index is -0.249. The average molecular weight is 250 g/mol. The lowest BCUT2D eigenvalue weighted by molar-refractivity contribution is 0.628. The first-order valence-electron chi connectivity index (χ1n) is 4.88. The van der Waals surface area contributed by atoms with E-state index in [2.05, 4.69) is 15.0 Å². The molecule has 3 aromatic rings. The summed E-state index contributed by atoms with van der Waals surface area (Å²) in [6, 6.07) is 8.08. The fourth-order valence-corrected chi connectivity index (χ4v) is 1.60. The monoisotopic (exact) mass is 249 g/mol. The topological polar surface area (TPSA) is 41.6 Å². The van der Waals surface area contributed by atoms with Gasteiger partial charge in [-0.2, -0.15) is 0 Å². The zero-order chi connectivity index (χ0) is 11.0. The maximum Gasteiger partial charge on any atom is 0.138 e. The van der Waals surface area contributed by atoms with Gasteiger partial charge in [0.25, 0.3) is 0 Å². The first-order valence-corrected chi connectivity index (χ1v) is 4.88. The van der Waals surface area contributed by atoms with Gasteiger partial charge in [0.05, 0.1) is 11.7 Å². The molecule has 17 heavy (non-hydrogen) atoms. The van der Waals surface area contributed by atoms with E-state index < -0.39 is 0 Å². The molecule has 1 aromatic carbocycles. The molecule has 1 N–H and O–H groups in total. The Hall–Kier alpha value is -1.94. The number of nitrogens with zero attached hydrogens (tertiary/aromatic N) is 2. The van der Waals surface area contributed by atoms with Gasteiger partial charge >= 0.3 is 0 Å². The molecule has 0 bridgehead atoms. The highest BCUT2D eigenvalue weighted by molar-refractivity contribution is 5.85. The van der Waals surface area contributed by atoms with Crippen LogP contribution >= 0.6 is 12.4 Å². The Morgan fingerprint density at radius 3 is 2.53 bits per heavy atom. The van der Waals surface area contributed by atoms with E-state index in [1.54, 1.807) is 24.5 Å². The van der Waals surface area contributed by atoms with Gasteiger partial charge in [-0.15, -0.1) is 12.4 Å². The third-order valence-corrected chi connectivity index (χ3v) is 2.40. The molecule has 3 nitrogen and oxygen atoms in total. The molecule has 2 heterocycles. The van der Waals surface area contributed by atoms with Gasteiger partial charge in [0, 0.05) is 11.8 Å². The van der Waals surface area contributed by atoms with Crippen LogP contribution in [0.15, 0.2) is 42.7 Å². The Morgan fingerprint density at radius 2 is 1.82 bits per heavy atom. The highest BCUT2D eigenvalue weighted by atomic mass is 35.5. The van der Waals surface area contributed by atoms with Crippen molar-refractivity contribution in [2.45, 2.75) is 0 Å². The van der Waals surface area contributed by atoms with Crippen molar-refractivity contribution in [2.75, 3.05) is 0 Å². The van der Waals surface area contributed by atoms with Crippen LogP contribution in [-0.2, 0) is 0 Å². The second-order valence-corrected chi connectivity index (χ2v) is 3.49. The molecule has 0 spiro atoms. The lowest BCUT2D eigenvalue weighted by atomic mass is 10.2. The molecule has 0 radical (unpaired) electrons. The number of aromatic amines is 1. The molecule has 0 aliphatic carbocycles. The van der Waals surface area contributed by atoms with E-state index >= 15 is 0 Å². The fourth-order valence-electron chi connectivity index (χ4n) is 1.60.